The van der Waals surface area contributed by atoms with E-state index in [0.29, 0.717) is 23.8 Å². The highest BCUT2D eigenvalue weighted by molar-refractivity contribution is 6.28. The van der Waals surface area contributed by atoms with Crippen LogP contribution in [0.15, 0.2) is 18.3 Å². The number of fused-ring (bicyclic) bond motifs is 1. The number of carbonyl (C=O) groups is 1. The maximum absolute atomic E-state index is 12.6. The fourth-order valence-corrected chi connectivity index (χ4v) is 3.64. The first-order valence-corrected chi connectivity index (χ1v) is 9.66. The molecule has 7 heteroatoms. The third-order valence-corrected chi connectivity index (χ3v) is 5.12. The lowest BCUT2D eigenvalue weighted by atomic mass is 9.91. The van der Waals surface area contributed by atoms with Gasteiger partial charge in [0.15, 0.2) is 5.82 Å². The number of ether oxygens (including phenoxy) is 1. The second-order valence-electron chi connectivity index (χ2n) is 8.18. The minimum Gasteiger partial charge on any atom is -0.459 e. The van der Waals surface area contributed by atoms with Crippen molar-refractivity contribution in [2.75, 3.05) is 11.4 Å². The van der Waals surface area contributed by atoms with Crippen molar-refractivity contribution in [3.63, 3.8) is 0 Å². The molecule has 0 aromatic carbocycles. The summed E-state index contributed by atoms with van der Waals surface area (Å²) in [5.41, 5.74) is 3.28. The average Bonchev–Trinajstić information content (AvgIpc) is 3.40. The summed E-state index contributed by atoms with van der Waals surface area (Å²) in [6.07, 6.45) is 3.63. The van der Waals surface area contributed by atoms with E-state index in [2.05, 4.69) is 35.9 Å². The number of rotatable bonds is 4. The Morgan fingerprint density at radius 2 is 2.04 bits per heavy atom. The summed E-state index contributed by atoms with van der Waals surface area (Å²) in [6.45, 7) is 8.59. The zero-order chi connectivity index (χ0) is 19.3. The number of anilines is 2. The van der Waals surface area contributed by atoms with Crippen molar-refractivity contribution >= 4 is 29.1 Å². The van der Waals surface area contributed by atoms with Gasteiger partial charge in [-0.15, -0.1) is 0 Å². The zero-order valence-electron chi connectivity index (χ0n) is 16.0. The molecule has 1 aliphatic carbocycles. The van der Waals surface area contributed by atoms with Crippen LogP contribution in [0.5, 0.6) is 0 Å². The van der Waals surface area contributed by atoms with E-state index in [1.54, 1.807) is 0 Å². The second kappa shape index (κ2) is 6.44. The Labute approximate surface area is 163 Å². The fraction of sp³-hybridized carbons (Fsp3) is 0.500. The van der Waals surface area contributed by atoms with E-state index >= 15 is 0 Å². The van der Waals surface area contributed by atoms with Crippen molar-refractivity contribution in [1.29, 1.82) is 0 Å². The van der Waals surface area contributed by atoms with Crippen LogP contribution >= 0.6 is 11.6 Å². The van der Waals surface area contributed by atoms with Crippen LogP contribution in [0.4, 0.5) is 11.5 Å². The number of halogens is 1. The number of aromatic nitrogens is 3. The Balaban J connectivity index is 1.79. The van der Waals surface area contributed by atoms with E-state index < -0.39 is 5.97 Å². The van der Waals surface area contributed by atoms with Crippen molar-refractivity contribution in [2.45, 2.75) is 58.0 Å². The predicted molar refractivity (Wildman–Crippen MR) is 104 cm³/mol. The van der Waals surface area contributed by atoms with Crippen molar-refractivity contribution in [3.8, 4) is 0 Å². The first kappa shape index (κ1) is 18.2. The molecule has 2 aromatic heterocycles. The third-order valence-electron chi connectivity index (χ3n) is 4.93. The lowest BCUT2D eigenvalue weighted by Gasteiger charge is -2.23. The first-order valence-electron chi connectivity index (χ1n) is 9.29. The van der Waals surface area contributed by atoms with Gasteiger partial charge in [0.05, 0.1) is 17.5 Å². The fourth-order valence-electron chi connectivity index (χ4n) is 3.51. The lowest BCUT2D eigenvalue weighted by Crippen LogP contribution is -2.28. The van der Waals surface area contributed by atoms with Gasteiger partial charge in [0.25, 0.3) is 0 Å². The third kappa shape index (κ3) is 3.38. The van der Waals surface area contributed by atoms with E-state index in [-0.39, 0.29) is 16.8 Å². The lowest BCUT2D eigenvalue weighted by molar-refractivity contribution is 0.0378. The molecule has 2 aromatic rings. The molecule has 0 N–H and O–H groups in total. The monoisotopic (exact) mass is 386 g/mol. The Bertz CT molecular complexity index is 909. The molecule has 0 atom stereocenters. The molecule has 0 amide bonds. The quantitative estimate of drug-likeness (QED) is 0.573. The van der Waals surface area contributed by atoms with Crippen molar-refractivity contribution in [1.82, 2.24) is 15.0 Å². The van der Waals surface area contributed by atoms with Crippen LogP contribution in [-0.4, -0.2) is 33.6 Å². The molecule has 142 valence electrons. The molecule has 1 aliphatic heterocycles. The van der Waals surface area contributed by atoms with E-state index in [9.17, 15) is 4.79 Å². The molecular weight excluding hydrogens is 364 g/mol. The number of esters is 1. The van der Waals surface area contributed by atoms with Gasteiger partial charge in [0.1, 0.15) is 5.56 Å². The Hall–Kier alpha value is -2.21. The van der Waals surface area contributed by atoms with Gasteiger partial charge in [-0.05, 0) is 50.4 Å². The van der Waals surface area contributed by atoms with Crippen LogP contribution < -0.4 is 4.90 Å². The Morgan fingerprint density at radius 1 is 1.30 bits per heavy atom. The van der Waals surface area contributed by atoms with Crippen LogP contribution in [0.3, 0.4) is 0 Å². The largest absolute Gasteiger partial charge is 0.459 e. The van der Waals surface area contributed by atoms with E-state index in [1.807, 2.05) is 18.7 Å². The van der Waals surface area contributed by atoms with Gasteiger partial charge >= 0.3 is 5.97 Å². The van der Waals surface area contributed by atoms with Crippen molar-refractivity contribution in [2.24, 2.45) is 0 Å². The molecule has 4 rings (SSSR count). The zero-order valence-corrected chi connectivity index (χ0v) is 16.7. The molecule has 1 saturated carbocycles. The summed E-state index contributed by atoms with van der Waals surface area (Å²) in [4.78, 5) is 27.9. The molecule has 2 aliphatic rings. The Kier molecular flexibility index (Phi) is 4.34. The molecule has 0 saturated heterocycles. The van der Waals surface area contributed by atoms with Crippen LogP contribution in [0.1, 0.15) is 68.2 Å². The summed E-state index contributed by atoms with van der Waals surface area (Å²) < 4.78 is 5.37. The molecule has 3 heterocycles. The SMILES string of the molecule is CC(C)OC(=O)c1cnc(Cl)nc1N1CC(C)(C)c2nc(C3CC3)ccc21. The normalized spacial score (nSPS) is 17.9. The van der Waals surface area contributed by atoms with Crippen LogP contribution in [0.25, 0.3) is 0 Å². The van der Waals surface area contributed by atoms with Gasteiger partial charge in [0, 0.05) is 29.8 Å². The number of hydrogen-bond donors (Lipinski definition) is 0. The summed E-state index contributed by atoms with van der Waals surface area (Å²) in [7, 11) is 0. The molecule has 0 bridgehead atoms. The van der Waals surface area contributed by atoms with Crippen molar-refractivity contribution < 1.29 is 9.53 Å². The maximum Gasteiger partial charge on any atom is 0.343 e. The molecular formula is C20H23ClN4O2. The van der Waals surface area contributed by atoms with E-state index in [0.717, 1.165) is 17.1 Å². The molecule has 0 spiro atoms. The highest BCUT2D eigenvalue weighted by Crippen LogP contribution is 2.46. The number of carbonyl (C=O) groups excluding carboxylic acids is 1. The highest BCUT2D eigenvalue weighted by Gasteiger charge is 2.40. The topological polar surface area (TPSA) is 68.2 Å². The van der Waals surface area contributed by atoms with Crippen LogP contribution in [-0.2, 0) is 10.2 Å². The number of pyridine rings is 1. The minimum absolute atomic E-state index is 0.0971. The molecule has 27 heavy (non-hydrogen) atoms. The highest BCUT2D eigenvalue weighted by atomic mass is 35.5. The van der Waals surface area contributed by atoms with Gasteiger partial charge in [-0.2, -0.15) is 4.98 Å². The minimum atomic E-state index is -0.453. The van der Waals surface area contributed by atoms with Gasteiger partial charge < -0.3 is 9.64 Å². The summed E-state index contributed by atoms with van der Waals surface area (Å²) in [6, 6.07) is 4.16. The number of hydrogen-bond acceptors (Lipinski definition) is 6. The first-order chi connectivity index (χ1) is 12.8. The second-order valence-corrected chi connectivity index (χ2v) is 8.52. The maximum atomic E-state index is 12.6. The molecule has 0 radical (unpaired) electrons. The Morgan fingerprint density at radius 3 is 2.70 bits per heavy atom. The van der Waals surface area contributed by atoms with Gasteiger partial charge in [-0.3, -0.25) is 4.98 Å². The van der Waals surface area contributed by atoms with Gasteiger partial charge in [-0.1, -0.05) is 13.8 Å². The van der Waals surface area contributed by atoms with Gasteiger partial charge in [0.2, 0.25) is 5.28 Å². The molecule has 6 nitrogen and oxygen atoms in total. The predicted octanol–water partition coefficient (Wildman–Crippen LogP) is 4.40. The molecule has 0 unspecified atom stereocenters. The summed E-state index contributed by atoms with van der Waals surface area (Å²) >= 11 is 6.06. The average molecular weight is 387 g/mol. The smallest absolute Gasteiger partial charge is 0.343 e. The van der Waals surface area contributed by atoms with Gasteiger partial charge in [-0.25, -0.2) is 9.78 Å². The van der Waals surface area contributed by atoms with Crippen LogP contribution in [0, 0.1) is 0 Å². The van der Waals surface area contributed by atoms with E-state index in [4.69, 9.17) is 21.3 Å². The van der Waals surface area contributed by atoms with Crippen LogP contribution in [0.2, 0.25) is 5.28 Å². The van der Waals surface area contributed by atoms with Crippen molar-refractivity contribution in [3.05, 3.63) is 40.6 Å². The number of nitrogens with zero attached hydrogens (tertiary/aromatic N) is 4. The summed E-state index contributed by atoms with van der Waals surface area (Å²) in [5, 5.41) is 0.0971. The summed E-state index contributed by atoms with van der Waals surface area (Å²) in [5.74, 6) is 0.601. The van der Waals surface area contributed by atoms with E-state index in [1.165, 1.54) is 19.0 Å². The standard InChI is InChI=1S/C20H23ClN4O2/c1-11(2)27-18(26)13-9-22-19(21)24-17(13)25-10-20(3,4)16-15(25)8-7-14(23-16)12-5-6-12/h7-9,11-12H,5-6,10H2,1-4H3. The molecule has 1 fully saturated rings.